The molecule has 326 valence electrons. The zero-order chi connectivity index (χ0) is 42.6. The number of amides is 1. The number of H-pyrrole nitrogens is 1. The molecule has 5 rings (SSSR count). The van der Waals surface area contributed by atoms with Crippen molar-refractivity contribution in [1.29, 1.82) is 0 Å². The van der Waals surface area contributed by atoms with Gasteiger partial charge in [-0.1, -0.05) is 24.6 Å². The quantitative estimate of drug-likeness (QED) is 0.0469. The Morgan fingerprint density at radius 1 is 0.833 bits per heavy atom. The van der Waals surface area contributed by atoms with Gasteiger partial charge in [0.2, 0.25) is 0 Å². The average molecular weight is 830 g/mol. The minimum absolute atomic E-state index is 0.0150. The molecule has 15 heteroatoms. The predicted octanol–water partition coefficient (Wildman–Crippen LogP) is 8.23. The molecule has 1 atom stereocenters. The Labute approximate surface area is 353 Å². The number of unbranched alkanes of at least 4 members (excludes halogenated alkanes) is 3. The van der Waals surface area contributed by atoms with Gasteiger partial charge in [-0.15, -0.1) is 0 Å². The third-order valence-electron chi connectivity index (χ3n) is 10.0. The maximum Gasteiger partial charge on any atom is 0.410 e. The van der Waals surface area contributed by atoms with Crippen LogP contribution in [0.1, 0.15) is 96.5 Å². The number of aromatic nitrogens is 4. The van der Waals surface area contributed by atoms with Crippen LogP contribution in [0.15, 0.2) is 73.1 Å². The van der Waals surface area contributed by atoms with Crippen molar-refractivity contribution in [2.24, 2.45) is 0 Å². The molecule has 0 spiro atoms. The average Bonchev–Trinajstić information content (AvgIpc) is 3.74. The summed E-state index contributed by atoms with van der Waals surface area (Å²) in [5, 5.41) is 23.8. The summed E-state index contributed by atoms with van der Waals surface area (Å²) in [6.07, 6.45) is 9.05. The number of hydrogen-bond acceptors (Lipinski definition) is 12. The molecule has 2 aromatic heterocycles. The minimum Gasteiger partial charge on any atom is -0.494 e. The van der Waals surface area contributed by atoms with Crippen LogP contribution in [0.3, 0.4) is 0 Å². The van der Waals surface area contributed by atoms with Crippen molar-refractivity contribution in [3.05, 3.63) is 84.4 Å². The first kappa shape index (κ1) is 45.8. The molecule has 0 unspecified atom stereocenters. The van der Waals surface area contributed by atoms with E-state index in [0.29, 0.717) is 90.2 Å². The largest absolute Gasteiger partial charge is 0.494 e. The first-order valence-electron chi connectivity index (χ1n) is 21.1. The second-order valence-electron chi connectivity index (χ2n) is 16.0. The standard InChI is InChI=1S/C45H63N7O8/c1-34(36-12-9-15-39(32-36)59-27-8-6-5-7-25-56-28-30-58-31-29-57-26-11-16-40(53)54)47-37-13-10-14-38(33-37)49-45(19-23-52(24-20-45)43(55)60-44(2,3)4)42-48-41(50-51-42)35-17-21-46-22-18-35/h9-10,12-15,17-18,21-22,32-34,47,49H,5-8,11,16,19-20,23-31H2,1-4H3,(H,53,54)(H,48,50,51)/t34-/m1/s1. The summed E-state index contributed by atoms with van der Waals surface area (Å²) in [5.74, 6) is 1.34. The number of rotatable bonds is 25. The Hall–Kier alpha value is -5.25. The lowest BCUT2D eigenvalue weighted by atomic mass is 9.86. The van der Waals surface area contributed by atoms with Gasteiger partial charge in [0, 0.05) is 68.1 Å². The van der Waals surface area contributed by atoms with Crippen LogP contribution in [-0.4, -0.2) is 107 Å². The van der Waals surface area contributed by atoms with Gasteiger partial charge in [-0.05, 0) is 114 Å². The topological polar surface area (TPSA) is 182 Å². The molecule has 4 N–H and O–H groups in total. The molecule has 1 saturated heterocycles. The highest BCUT2D eigenvalue weighted by molar-refractivity contribution is 5.68. The zero-order valence-electron chi connectivity index (χ0n) is 35.6. The molecule has 1 fully saturated rings. The molecule has 15 nitrogen and oxygen atoms in total. The number of anilines is 2. The molecule has 0 saturated carbocycles. The number of nitrogens with zero attached hydrogens (tertiary/aromatic N) is 4. The molecule has 60 heavy (non-hydrogen) atoms. The summed E-state index contributed by atoms with van der Waals surface area (Å²) < 4.78 is 28.3. The number of carboxylic acids is 1. The van der Waals surface area contributed by atoms with Gasteiger partial charge < -0.3 is 44.3 Å². The van der Waals surface area contributed by atoms with E-state index in [1.165, 1.54) is 0 Å². The molecule has 3 heterocycles. The minimum atomic E-state index is -0.805. The van der Waals surface area contributed by atoms with Gasteiger partial charge in [-0.25, -0.2) is 9.78 Å². The number of carboxylic acid groups (broad SMARTS) is 1. The van der Waals surface area contributed by atoms with Gasteiger partial charge in [0.05, 0.1) is 33.0 Å². The van der Waals surface area contributed by atoms with Gasteiger partial charge in [-0.3, -0.25) is 14.9 Å². The SMILES string of the molecule is C[C@@H](Nc1cccc(NC2(c3nc(-c4ccncc4)n[nH]3)CCN(C(=O)OC(C)(C)C)CC2)c1)c1cccc(OCCCCCCOCCOCCOCCCC(=O)O)c1. The highest BCUT2D eigenvalue weighted by atomic mass is 16.6. The Bertz CT molecular complexity index is 1880. The van der Waals surface area contributed by atoms with E-state index < -0.39 is 17.1 Å². The van der Waals surface area contributed by atoms with Gasteiger partial charge in [-0.2, -0.15) is 5.10 Å². The number of carbonyl (C=O) groups excluding carboxylic acids is 1. The fourth-order valence-electron chi connectivity index (χ4n) is 6.81. The maximum atomic E-state index is 13.0. The number of nitrogens with one attached hydrogen (secondary N) is 3. The van der Waals surface area contributed by atoms with Crippen molar-refractivity contribution in [2.75, 3.05) is 70.0 Å². The number of ether oxygens (including phenoxy) is 5. The Kier molecular flexibility index (Phi) is 18.0. The van der Waals surface area contributed by atoms with Crippen LogP contribution in [0.5, 0.6) is 5.75 Å². The lowest BCUT2D eigenvalue weighted by Gasteiger charge is -2.41. The smallest absolute Gasteiger partial charge is 0.410 e. The Morgan fingerprint density at radius 3 is 2.18 bits per heavy atom. The van der Waals surface area contributed by atoms with Crippen LogP contribution in [0.2, 0.25) is 0 Å². The van der Waals surface area contributed by atoms with Crippen LogP contribution < -0.4 is 15.4 Å². The number of hydrogen-bond donors (Lipinski definition) is 4. The molecule has 2 aromatic carbocycles. The lowest BCUT2D eigenvalue weighted by molar-refractivity contribution is -0.137. The maximum absolute atomic E-state index is 13.0. The van der Waals surface area contributed by atoms with E-state index in [4.69, 9.17) is 33.8 Å². The van der Waals surface area contributed by atoms with Crippen molar-refractivity contribution in [1.82, 2.24) is 25.1 Å². The summed E-state index contributed by atoms with van der Waals surface area (Å²) in [5.41, 5.74) is 2.68. The number of piperidine rings is 1. The second-order valence-corrected chi connectivity index (χ2v) is 16.0. The fourth-order valence-corrected chi connectivity index (χ4v) is 6.81. The highest BCUT2D eigenvalue weighted by Gasteiger charge is 2.41. The lowest BCUT2D eigenvalue weighted by Crippen LogP contribution is -2.50. The molecule has 0 bridgehead atoms. The van der Waals surface area contributed by atoms with Crippen molar-refractivity contribution in [3.63, 3.8) is 0 Å². The number of carbonyl (C=O) groups is 2. The molecular formula is C45H63N7O8. The number of aliphatic carboxylic acids is 1. The van der Waals surface area contributed by atoms with Crippen LogP contribution in [0.4, 0.5) is 16.2 Å². The van der Waals surface area contributed by atoms with E-state index in [9.17, 15) is 9.59 Å². The van der Waals surface area contributed by atoms with Crippen LogP contribution >= 0.6 is 0 Å². The third kappa shape index (κ3) is 15.4. The number of aromatic amines is 1. The first-order chi connectivity index (χ1) is 29.0. The van der Waals surface area contributed by atoms with Gasteiger partial charge >= 0.3 is 12.1 Å². The first-order valence-corrected chi connectivity index (χ1v) is 21.1. The van der Waals surface area contributed by atoms with Gasteiger partial charge in [0.15, 0.2) is 11.6 Å². The molecule has 0 aliphatic carbocycles. The number of likely N-dealkylation sites (tertiary alicyclic amines) is 1. The molecule has 1 aliphatic rings. The van der Waals surface area contributed by atoms with Crippen molar-refractivity contribution in [3.8, 4) is 17.1 Å². The molecule has 4 aromatic rings. The summed E-state index contributed by atoms with van der Waals surface area (Å²) in [6, 6.07) is 20.2. The van der Waals surface area contributed by atoms with Crippen molar-refractivity contribution < 1.29 is 38.4 Å². The summed E-state index contributed by atoms with van der Waals surface area (Å²) in [4.78, 5) is 34.3. The van der Waals surface area contributed by atoms with E-state index in [2.05, 4.69) is 57.0 Å². The van der Waals surface area contributed by atoms with E-state index in [1.54, 1.807) is 17.3 Å². The van der Waals surface area contributed by atoms with Crippen LogP contribution in [0.25, 0.3) is 11.4 Å². The van der Waals surface area contributed by atoms with Crippen LogP contribution in [0, 0.1) is 0 Å². The highest BCUT2D eigenvalue weighted by Crippen LogP contribution is 2.37. The third-order valence-corrected chi connectivity index (χ3v) is 10.0. The Balaban J connectivity index is 1.06. The normalized spacial score (nSPS) is 14.4. The van der Waals surface area contributed by atoms with Crippen molar-refractivity contribution >= 4 is 23.4 Å². The van der Waals surface area contributed by atoms with Gasteiger partial charge in [0.1, 0.15) is 16.9 Å². The fraction of sp³-hybridized carbons (Fsp3) is 0.533. The number of benzene rings is 2. The van der Waals surface area contributed by atoms with E-state index >= 15 is 0 Å². The van der Waals surface area contributed by atoms with Gasteiger partial charge in [0.25, 0.3) is 0 Å². The summed E-state index contributed by atoms with van der Waals surface area (Å²) in [7, 11) is 0. The number of pyridine rings is 1. The summed E-state index contributed by atoms with van der Waals surface area (Å²) in [6.45, 7) is 12.5. The van der Waals surface area contributed by atoms with Crippen molar-refractivity contribution in [2.45, 2.75) is 96.2 Å². The zero-order valence-corrected chi connectivity index (χ0v) is 35.6. The molecular weight excluding hydrogens is 767 g/mol. The summed E-state index contributed by atoms with van der Waals surface area (Å²) >= 11 is 0. The predicted molar refractivity (Wildman–Crippen MR) is 230 cm³/mol. The molecule has 1 aliphatic heterocycles. The van der Waals surface area contributed by atoms with E-state index in [0.717, 1.165) is 53.9 Å². The van der Waals surface area contributed by atoms with E-state index in [1.807, 2.05) is 57.2 Å². The molecule has 1 amide bonds. The monoisotopic (exact) mass is 829 g/mol. The van der Waals surface area contributed by atoms with E-state index in [-0.39, 0.29) is 18.6 Å². The molecule has 0 radical (unpaired) electrons. The second kappa shape index (κ2) is 23.5. The Morgan fingerprint density at radius 2 is 1.48 bits per heavy atom. The van der Waals surface area contributed by atoms with Crippen LogP contribution in [-0.2, 0) is 29.3 Å².